The van der Waals surface area contributed by atoms with E-state index in [0.717, 1.165) is 24.0 Å². The Hall–Kier alpha value is -3.31. The summed E-state index contributed by atoms with van der Waals surface area (Å²) in [5.41, 5.74) is 1.63. The van der Waals surface area contributed by atoms with Crippen LogP contribution in [0.25, 0.3) is 17.4 Å². The van der Waals surface area contributed by atoms with Gasteiger partial charge in [-0.05, 0) is 74.1 Å². The van der Waals surface area contributed by atoms with Gasteiger partial charge >= 0.3 is 11.9 Å². The van der Waals surface area contributed by atoms with Crippen LogP contribution < -0.4 is 9.47 Å². The average molecular weight is 614 g/mol. The minimum absolute atomic E-state index is 0.0677. The summed E-state index contributed by atoms with van der Waals surface area (Å²) in [5, 5.41) is 18.3. The van der Waals surface area contributed by atoms with E-state index in [1.165, 1.54) is 24.6 Å². The smallest absolute Gasteiger partial charge is 0.317 e. The zero-order valence-electron chi connectivity index (χ0n) is 23.7. The number of aliphatic carboxylic acids is 2. The van der Waals surface area contributed by atoms with E-state index in [-0.39, 0.29) is 18.4 Å². The number of rotatable bonds is 13. The van der Waals surface area contributed by atoms with Crippen LogP contribution in [0.15, 0.2) is 33.6 Å². The molecule has 1 aliphatic heterocycles. The van der Waals surface area contributed by atoms with Gasteiger partial charge in [0.25, 0.3) is 5.91 Å². The Morgan fingerprint density at radius 1 is 1.12 bits per heavy atom. The van der Waals surface area contributed by atoms with Gasteiger partial charge in [0.1, 0.15) is 27.3 Å². The number of furan rings is 1. The molecular formula is C31H35NO8S2. The Labute approximate surface area is 254 Å². The minimum Gasteiger partial charge on any atom is -0.497 e. The number of carboxylic acid groups (broad SMARTS) is 2. The highest BCUT2D eigenvalue weighted by Crippen LogP contribution is 2.49. The van der Waals surface area contributed by atoms with Gasteiger partial charge in [-0.1, -0.05) is 43.2 Å². The van der Waals surface area contributed by atoms with Gasteiger partial charge in [0.05, 0.1) is 24.7 Å². The molecule has 224 valence electrons. The fraction of sp³-hybridized carbons (Fsp3) is 0.484. The fourth-order valence-corrected chi connectivity index (χ4v) is 7.84. The van der Waals surface area contributed by atoms with Crippen LogP contribution in [0.2, 0.25) is 0 Å². The molecule has 2 aliphatic carbocycles. The molecule has 9 nitrogen and oxygen atoms in total. The summed E-state index contributed by atoms with van der Waals surface area (Å²) >= 11 is 6.99. The van der Waals surface area contributed by atoms with Crippen LogP contribution in [-0.2, 0) is 20.8 Å². The first-order valence-electron chi connectivity index (χ1n) is 14.3. The number of unbranched alkanes of at least 4 members (excludes halogenated alkanes) is 2. The molecule has 1 amide bonds. The molecule has 3 aliphatic rings. The van der Waals surface area contributed by atoms with Gasteiger partial charge in [0, 0.05) is 18.2 Å². The molecule has 42 heavy (non-hydrogen) atoms. The number of nitrogens with zero attached hydrogens (tertiary/aromatic N) is 1. The highest BCUT2D eigenvalue weighted by atomic mass is 32.2. The molecule has 2 N–H and O–H groups in total. The van der Waals surface area contributed by atoms with Gasteiger partial charge < -0.3 is 24.1 Å². The second kappa shape index (κ2) is 12.9. The normalized spacial score (nSPS) is 22.5. The summed E-state index contributed by atoms with van der Waals surface area (Å²) in [6.45, 7) is 0. The van der Waals surface area contributed by atoms with E-state index in [4.69, 9.17) is 36.3 Å². The largest absolute Gasteiger partial charge is 0.497 e. The van der Waals surface area contributed by atoms with Crippen LogP contribution in [0.5, 0.6) is 11.5 Å². The lowest BCUT2D eigenvalue weighted by atomic mass is 9.94. The van der Waals surface area contributed by atoms with E-state index in [2.05, 4.69) is 0 Å². The van der Waals surface area contributed by atoms with Gasteiger partial charge in [0.15, 0.2) is 5.92 Å². The first-order chi connectivity index (χ1) is 20.2. The molecule has 2 aromatic rings. The van der Waals surface area contributed by atoms with Crippen molar-refractivity contribution < 1.29 is 38.5 Å². The molecule has 5 rings (SSSR count). The predicted molar refractivity (Wildman–Crippen MR) is 162 cm³/mol. The summed E-state index contributed by atoms with van der Waals surface area (Å²) < 4.78 is 17.9. The zero-order valence-corrected chi connectivity index (χ0v) is 25.3. The van der Waals surface area contributed by atoms with E-state index >= 15 is 0 Å². The summed E-state index contributed by atoms with van der Waals surface area (Å²) in [5.74, 6) is -0.532. The molecule has 0 spiro atoms. The predicted octanol–water partition coefficient (Wildman–Crippen LogP) is 6.24. The Kier molecular flexibility index (Phi) is 9.27. The number of benzene rings is 1. The van der Waals surface area contributed by atoms with E-state index < -0.39 is 17.9 Å². The molecule has 2 saturated carbocycles. The van der Waals surface area contributed by atoms with Crippen molar-refractivity contribution in [1.29, 1.82) is 0 Å². The second-order valence-corrected chi connectivity index (χ2v) is 12.9. The van der Waals surface area contributed by atoms with Crippen LogP contribution in [0.4, 0.5) is 0 Å². The molecule has 3 unspecified atom stereocenters. The Balaban J connectivity index is 1.38. The Morgan fingerprint density at radius 3 is 2.55 bits per heavy atom. The number of carbonyl (C=O) groups is 3. The van der Waals surface area contributed by atoms with E-state index in [9.17, 15) is 14.4 Å². The summed E-state index contributed by atoms with van der Waals surface area (Å²) in [6.07, 6.45) is 8.86. The lowest BCUT2D eigenvalue weighted by Gasteiger charge is -2.30. The van der Waals surface area contributed by atoms with Gasteiger partial charge in [-0.25, -0.2) is 0 Å². The minimum atomic E-state index is -1.40. The van der Waals surface area contributed by atoms with Crippen LogP contribution in [0.3, 0.4) is 0 Å². The number of carboxylic acids is 2. The highest BCUT2D eigenvalue weighted by Gasteiger charge is 2.48. The third-order valence-corrected chi connectivity index (χ3v) is 10.00. The first kappa shape index (κ1) is 30.2. The highest BCUT2D eigenvalue weighted by molar-refractivity contribution is 8.26. The summed E-state index contributed by atoms with van der Waals surface area (Å²) in [7, 11) is 3.16. The third kappa shape index (κ3) is 6.22. The molecule has 3 atom stereocenters. The number of hydrogen-bond donors (Lipinski definition) is 2. The molecule has 3 fully saturated rings. The lowest BCUT2D eigenvalue weighted by Crippen LogP contribution is -2.41. The molecule has 0 radical (unpaired) electrons. The zero-order chi connectivity index (χ0) is 30.0. The quantitative estimate of drug-likeness (QED) is 0.116. The maximum Gasteiger partial charge on any atom is 0.317 e. The van der Waals surface area contributed by atoms with Crippen molar-refractivity contribution in [2.75, 3.05) is 14.2 Å². The maximum absolute atomic E-state index is 13.6. The third-order valence-electron chi connectivity index (χ3n) is 8.67. The fourth-order valence-electron chi connectivity index (χ4n) is 6.50. The van der Waals surface area contributed by atoms with Crippen molar-refractivity contribution in [2.45, 2.75) is 63.8 Å². The number of methoxy groups -OCH3 is 2. The molecule has 1 saturated heterocycles. The standard InChI is InChI=1S/C31H35NO8S2/c1-38-20-10-11-21(25(15-20)39-2)26-14-19(6-4-3-5-7-22(29(34)35)30(36)37)24(40-26)16-27-28(33)32(31(41)42-27)23-13-17-8-9-18(23)12-17/h10-11,14-18,22-23H,3-9,12-13H2,1-2H3,(H,34,35)(H,36,37)/b27-16-. The number of aryl methyl sites for hydroxylation is 1. The number of fused-ring (bicyclic) bond motifs is 2. The lowest BCUT2D eigenvalue weighted by molar-refractivity contribution is -0.154. The Morgan fingerprint density at radius 2 is 1.90 bits per heavy atom. The second-order valence-electron chi connectivity index (χ2n) is 11.2. The van der Waals surface area contributed by atoms with Crippen LogP contribution in [0.1, 0.15) is 62.7 Å². The van der Waals surface area contributed by atoms with Crippen LogP contribution in [0, 0.1) is 17.8 Å². The van der Waals surface area contributed by atoms with Crippen LogP contribution in [-0.4, -0.2) is 57.5 Å². The van der Waals surface area contributed by atoms with Gasteiger partial charge in [0.2, 0.25) is 0 Å². The number of carbonyl (C=O) groups excluding carboxylic acids is 1. The molecular weight excluding hydrogens is 578 g/mol. The number of hydrogen-bond acceptors (Lipinski definition) is 8. The van der Waals surface area contributed by atoms with Crippen LogP contribution >= 0.6 is 24.0 Å². The van der Waals surface area contributed by atoms with Crippen molar-refractivity contribution in [3.8, 4) is 22.8 Å². The van der Waals surface area contributed by atoms with E-state index in [1.807, 2.05) is 23.1 Å². The van der Waals surface area contributed by atoms with Crippen molar-refractivity contribution in [3.05, 3.63) is 40.5 Å². The van der Waals surface area contributed by atoms with Gasteiger partial charge in [-0.3, -0.25) is 19.3 Å². The molecule has 1 aromatic heterocycles. The molecule has 1 aromatic carbocycles. The maximum atomic E-state index is 13.6. The van der Waals surface area contributed by atoms with Gasteiger partial charge in [-0.2, -0.15) is 0 Å². The average Bonchev–Trinajstić information content (AvgIpc) is 3.74. The summed E-state index contributed by atoms with van der Waals surface area (Å²) in [6, 6.07) is 7.57. The van der Waals surface area contributed by atoms with Crippen molar-refractivity contribution in [2.24, 2.45) is 17.8 Å². The SMILES string of the molecule is COc1ccc(-c2cc(CCCCCC(C(=O)O)C(=O)O)c(/C=C3\SC(=S)N(C4CC5CCC4C5)C3=O)o2)c(OC)c1. The molecule has 2 heterocycles. The van der Waals surface area contributed by atoms with E-state index in [0.29, 0.717) is 69.8 Å². The van der Waals surface area contributed by atoms with Gasteiger partial charge in [-0.15, -0.1) is 0 Å². The van der Waals surface area contributed by atoms with E-state index in [1.54, 1.807) is 26.4 Å². The number of amides is 1. The number of ether oxygens (including phenoxy) is 2. The monoisotopic (exact) mass is 613 g/mol. The molecule has 11 heteroatoms. The van der Waals surface area contributed by atoms with Crippen molar-refractivity contribution >= 4 is 52.2 Å². The van der Waals surface area contributed by atoms with Crippen molar-refractivity contribution in [3.63, 3.8) is 0 Å². The number of thioether (sulfide) groups is 1. The summed E-state index contributed by atoms with van der Waals surface area (Å²) in [4.78, 5) is 38.4. The Bertz CT molecular complexity index is 1400. The number of thiocarbonyl (C=S) groups is 1. The topological polar surface area (TPSA) is 127 Å². The van der Waals surface area contributed by atoms with Crippen molar-refractivity contribution in [1.82, 2.24) is 4.90 Å². The first-order valence-corrected chi connectivity index (χ1v) is 15.5. The molecule has 2 bridgehead atoms.